The van der Waals surface area contributed by atoms with E-state index in [1.807, 2.05) is 6.92 Å². The standard InChI is InChI=1S/C12H25N3O5S/c1-5-6-9(10(16)17)7-13-11(18)14-8-12(2,3)15-21(4,19)20/h9,15H,5-8H2,1-4H3,(H,16,17)(H2,13,14,18). The summed E-state index contributed by atoms with van der Waals surface area (Å²) < 4.78 is 24.7. The van der Waals surface area contributed by atoms with Crippen LogP contribution in [0.1, 0.15) is 33.6 Å². The molecule has 9 heteroatoms. The number of hydrogen-bond acceptors (Lipinski definition) is 4. The summed E-state index contributed by atoms with van der Waals surface area (Å²) in [6.07, 6.45) is 2.24. The summed E-state index contributed by atoms with van der Waals surface area (Å²) in [5, 5.41) is 13.9. The maximum absolute atomic E-state index is 11.6. The molecule has 0 aromatic rings. The third-order valence-corrected chi connectivity index (χ3v) is 3.57. The number of carbonyl (C=O) groups is 2. The molecule has 1 atom stereocenters. The highest BCUT2D eigenvalue weighted by atomic mass is 32.2. The molecule has 0 aromatic heterocycles. The van der Waals surface area contributed by atoms with Crippen LogP contribution in [0.3, 0.4) is 0 Å². The van der Waals surface area contributed by atoms with Crippen LogP contribution in [-0.4, -0.2) is 50.4 Å². The second kappa shape index (κ2) is 8.18. The summed E-state index contributed by atoms with van der Waals surface area (Å²) in [6, 6.07) is -0.527. The highest BCUT2D eigenvalue weighted by Gasteiger charge is 2.23. The third kappa shape index (κ3) is 10.1. The quantitative estimate of drug-likeness (QED) is 0.479. The number of nitrogens with one attached hydrogen (secondary N) is 3. The van der Waals surface area contributed by atoms with Gasteiger partial charge < -0.3 is 15.7 Å². The van der Waals surface area contributed by atoms with E-state index in [4.69, 9.17) is 5.11 Å². The Balaban J connectivity index is 4.24. The summed E-state index contributed by atoms with van der Waals surface area (Å²) in [5.74, 6) is -1.57. The molecule has 0 radical (unpaired) electrons. The lowest BCUT2D eigenvalue weighted by atomic mass is 10.0. The first kappa shape index (κ1) is 19.7. The number of hydrogen-bond donors (Lipinski definition) is 4. The number of urea groups is 1. The zero-order chi connectivity index (χ0) is 16.7. The van der Waals surface area contributed by atoms with Gasteiger partial charge in [0.25, 0.3) is 0 Å². The number of carbonyl (C=O) groups excluding carboxylic acids is 1. The molecule has 0 heterocycles. The van der Waals surface area contributed by atoms with E-state index in [0.29, 0.717) is 12.8 Å². The van der Waals surface area contributed by atoms with Crippen LogP contribution < -0.4 is 15.4 Å². The van der Waals surface area contributed by atoms with Crippen LogP contribution in [0.5, 0.6) is 0 Å². The first-order chi connectivity index (χ1) is 9.47. The number of rotatable bonds is 9. The van der Waals surface area contributed by atoms with Crippen molar-refractivity contribution in [3.05, 3.63) is 0 Å². The minimum Gasteiger partial charge on any atom is -0.481 e. The molecule has 21 heavy (non-hydrogen) atoms. The fourth-order valence-electron chi connectivity index (χ4n) is 1.78. The average Bonchev–Trinajstić information content (AvgIpc) is 2.28. The summed E-state index contributed by atoms with van der Waals surface area (Å²) in [5.41, 5.74) is -0.833. The fourth-order valence-corrected chi connectivity index (χ4v) is 2.85. The molecule has 8 nitrogen and oxygen atoms in total. The summed E-state index contributed by atoms with van der Waals surface area (Å²) in [4.78, 5) is 22.5. The molecule has 0 aliphatic rings. The minimum atomic E-state index is -3.37. The Hall–Kier alpha value is -1.35. The largest absolute Gasteiger partial charge is 0.481 e. The van der Waals surface area contributed by atoms with Crippen LogP contribution in [0.4, 0.5) is 4.79 Å². The average molecular weight is 323 g/mol. The maximum Gasteiger partial charge on any atom is 0.314 e. The van der Waals surface area contributed by atoms with E-state index in [1.54, 1.807) is 13.8 Å². The van der Waals surface area contributed by atoms with Crippen LogP contribution in [-0.2, 0) is 14.8 Å². The number of carboxylic acids is 1. The molecule has 0 aliphatic heterocycles. The summed E-state index contributed by atoms with van der Waals surface area (Å²) in [6.45, 7) is 5.25. The molecule has 1 unspecified atom stereocenters. The maximum atomic E-state index is 11.6. The van der Waals surface area contributed by atoms with Gasteiger partial charge in [-0.05, 0) is 20.3 Å². The third-order valence-electron chi connectivity index (χ3n) is 2.65. The first-order valence-corrected chi connectivity index (χ1v) is 8.59. The van der Waals surface area contributed by atoms with Crippen molar-refractivity contribution in [2.45, 2.75) is 39.2 Å². The Morgan fingerprint density at radius 1 is 1.24 bits per heavy atom. The Kier molecular flexibility index (Phi) is 7.65. The molecule has 0 saturated carbocycles. The van der Waals surface area contributed by atoms with E-state index in [9.17, 15) is 18.0 Å². The van der Waals surface area contributed by atoms with Gasteiger partial charge in [0.1, 0.15) is 0 Å². The molecule has 2 amide bonds. The van der Waals surface area contributed by atoms with Crippen LogP contribution in [0.15, 0.2) is 0 Å². The lowest BCUT2D eigenvalue weighted by Gasteiger charge is -2.25. The predicted octanol–water partition coefficient (Wildman–Crippen LogP) is 0.114. The Morgan fingerprint density at radius 2 is 1.81 bits per heavy atom. The van der Waals surface area contributed by atoms with Gasteiger partial charge in [0.2, 0.25) is 10.0 Å². The van der Waals surface area contributed by atoms with E-state index in [2.05, 4.69) is 15.4 Å². The lowest BCUT2D eigenvalue weighted by Crippen LogP contribution is -2.53. The zero-order valence-corrected chi connectivity index (χ0v) is 13.7. The molecule has 0 fully saturated rings. The second-order valence-corrected chi connectivity index (χ2v) is 7.39. The second-order valence-electron chi connectivity index (χ2n) is 5.65. The Morgan fingerprint density at radius 3 is 2.24 bits per heavy atom. The van der Waals surface area contributed by atoms with Gasteiger partial charge in [0.05, 0.1) is 12.2 Å². The van der Waals surface area contributed by atoms with Crippen LogP contribution in [0, 0.1) is 5.92 Å². The van der Waals surface area contributed by atoms with E-state index in [1.165, 1.54) is 0 Å². The number of amides is 2. The van der Waals surface area contributed by atoms with Crippen LogP contribution >= 0.6 is 0 Å². The van der Waals surface area contributed by atoms with Crippen molar-refractivity contribution in [3.63, 3.8) is 0 Å². The summed E-state index contributed by atoms with van der Waals surface area (Å²) in [7, 11) is -3.37. The topological polar surface area (TPSA) is 125 Å². The fraction of sp³-hybridized carbons (Fsp3) is 0.833. The molecular formula is C12H25N3O5S. The molecule has 0 aromatic carbocycles. The normalized spacial score (nSPS) is 13.5. The van der Waals surface area contributed by atoms with E-state index >= 15 is 0 Å². The highest BCUT2D eigenvalue weighted by molar-refractivity contribution is 7.88. The zero-order valence-electron chi connectivity index (χ0n) is 12.9. The SMILES string of the molecule is CCCC(CNC(=O)NCC(C)(C)NS(C)(=O)=O)C(=O)O. The van der Waals surface area contributed by atoms with Gasteiger partial charge >= 0.3 is 12.0 Å². The van der Waals surface area contributed by atoms with E-state index in [-0.39, 0.29) is 13.1 Å². The van der Waals surface area contributed by atoms with Gasteiger partial charge in [-0.1, -0.05) is 13.3 Å². The van der Waals surface area contributed by atoms with Crippen molar-refractivity contribution >= 4 is 22.0 Å². The monoisotopic (exact) mass is 323 g/mol. The number of sulfonamides is 1. The smallest absolute Gasteiger partial charge is 0.314 e. The molecule has 0 aliphatic carbocycles. The van der Waals surface area contributed by atoms with Gasteiger partial charge in [0.15, 0.2) is 0 Å². The molecule has 0 saturated heterocycles. The summed E-state index contributed by atoms with van der Waals surface area (Å²) >= 11 is 0. The Bertz CT molecular complexity index is 462. The van der Waals surface area contributed by atoms with Gasteiger partial charge in [-0.15, -0.1) is 0 Å². The van der Waals surface area contributed by atoms with E-state index < -0.39 is 33.5 Å². The van der Waals surface area contributed by atoms with Crippen molar-refractivity contribution in [3.8, 4) is 0 Å². The molecule has 0 bridgehead atoms. The van der Waals surface area contributed by atoms with Gasteiger partial charge in [-0.3, -0.25) is 4.79 Å². The van der Waals surface area contributed by atoms with Crippen molar-refractivity contribution in [1.29, 1.82) is 0 Å². The van der Waals surface area contributed by atoms with Crippen LogP contribution in [0.2, 0.25) is 0 Å². The van der Waals surface area contributed by atoms with Gasteiger partial charge in [-0.25, -0.2) is 17.9 Å². The highest BCUT2D eigenvalue weighted by Crippen LogP contribution is 2.05. The molecule has 0 spiro atoms. The number of aliphatic carboxylic acids is 1. The van der Waals surface area contributed by atoms with Crippen molar-refractivity contribution < 1.29 is 23.1 Å². The molecular weight excluding hydrogens is 298 g/mol. The molecule has 0 rings (SSSR count). The number of carboxylic acid groups (broad SMARTS) is 1. The van der Waals surface area contributed by atoms with E-state index in [0.717, 1.165) is 6.26 Å². The van der Waals surface area contributed by atoms with Crippen molar-refractivity contribution in [1.82, 2.24) is 15.4 Å². The van der Waals surface area contributed by atoms with Gasteiger partial charge in [0, 0.05) is 18.6 Å². The predicted molar refractivity (Wildman–Crippen MR) is 79.5 cm³/mol. The molecule has 124 valence electrons. The van der Waals surface area contributed by atoms with Gasteiger partial charge in [-0.2, -0.15) is 0 Å². The molecule has 4 N–H and O–H groups in total. The van der Waals surface area contributed by atoms with Crippen molar-refractivity contribution in [2.24, 2.45) is 5.92 Å². The lowest BCUT2D eigenvalue weighted by molar-refractivity contribution is -0.141. The Labute approximate surface area is 125 Å². The first-order valence-electron chi connectivity index (χ1n) is 6.70. The minimum absolute atomic E-state index is 0.0366. The van der Waals surface area contributed by atoms with Crippen LogP contribution in [0.25, 0.3) is 0 Å². The van der Waals surface area contributed by atoms with Crippen molar-refractivity contribution in [2.75, 3.05) is 19.3 Å².